The Hall–Kier alpha value is -4.18. The van der Waals surface area contributed by atoms with Gasteiger partial charge in [0.05, 0.1) is 20.2 Å². The highest BCUT2D eigenvalue weighted by atomic mass is 32.2. The number of hydrogen-bond acceptors (Lipinski definition) is 10. The van der Waals surface area contributed by atoms with E-state index in [0.717, 1.165) is 24.3 Å². The molecule has 0 atom stereocenters. The molecule has 0 amide bonds. The summed E-state index contributed by atoms with van der Waals surface area (Å²) >= 11 is 0. The first kappa shape index (κ1) is 24.0. The van der Waals surface area contributed by atoms with Crippen LogP contribution in [0.4, 0.5) is 28.7 Å². The molecule has 4 aromatic rings. The van der Waals surface area contributed by atoms with Gasteiger partial charge in [-0.15, -0.1) is 0 Å². The summed E-state index contributed by atoms with van der Waals surface area (Å²) in [6, 6.07) is 14.3. The normalized spacial score (nSPS) is 11.8. The lowest BCUT2D eigenvalue weighted by atomic mass is 10.2. The van der Waals surface area contributed by atoms with Crippen LogP contribution in [0.25, 0.3) is 11.0 Å². The van der Waals surface area contributed by atoms with Crippen molar-refractivity contribution in [3.05, 3.63) is 76.8 Å². The van der Waals surface area contributed by atoms with Crippen LogP contribution in [0.1, 0.15) is 0 Å². The lowest BCUT2D eigenvalue weighted by Crippen LogP contribution is -2.05. The highest BCUT2D eigenvalue weighted by molar-refractivity contribution is 7.86. The standard InChI is InChI=1S/C20H15N5O8S2/c26-25(27)17-3-1-2-16-18(17)24-20(22-13-6-10-15(11-7-13)35(31,32)33)19(23-16)21-12-4-8-14(9-5-12)34(28,29)30/h1-11H,(H,21,23)(H,22,24)(H,28,29,30)(H,31,32,33). The average molecular weight is 518 g/mol. The number of fused-ring (bicyclic) bond motifs is 1. The van der Waals surface area contributed by atoms with E-state index in [1.54, 1.807) is 0 Å². The van der Waals surface area contributed by atoms with Gasteiger partial charge in [-0.2, -0.15) is 16.8 Å². The van der Waals surface area contributed by atoms with Crippen LogP contribution >= 0.6 is 0 Å². The molecule has 35 heavy (non-hydrogen) atoms. The minimum absolute atomic E-state index is 0.0122. The maximum absolute atomic E-state index is 11.5. The van der Waals surface area contributed by atoms with Crippen molar-refractivity contribution in [2.24, 2.45) is 0 Å². The zero-order valence-electron chi connectivity index (χ0n) is 17.4. The third-order valence-corrected chi connectivity index (χ3v) is 6.44. The number of nitrogens with one attached hydrogen (secondary N) is 2. The molecule has 13 nitrogen and oxygen atoms in total. The van der Waals surface area contributed by atoms with Gasteiger partial charge < -0.3 is 10.6 Å². The van der Waals surface area contributed by atoms with Gasteiger partial charge in [-0.25, -0.2) is 9.97 Å². The number of benzene rings is 3. The Labute approximate surface area is 198 Å². The molecule has 0 fully saturated rings. The Morgan fingerprint density at radius 3 is 1.60 bits per heavy atom. The number of rotatable bonds is 7. The Bertz CT molecular complexity index is 1660. The van der Waals surface area contributed by atoms with Crippen molar-refractivity contribution in [2.45, 2.75) is 9.79 Å². The fourth-order valence-corrected chi connectivity index (χ4v) is 4.04. The quantitative estimate of drug-likeness (QED) is 0.158. The first-order valence-electron chi connectivity index (χ1n) is 9.56. The molecule has 0 radical (unpaired) electrons. The molecule has 180 valence electrons. The molecule has 0 saturated heterocycles. The molecule has 15 heteroatoms. The molecule has 0 aliphatic rings. The van der Waals surface area contributed by atoms with Crippen LogP contribution in [0, 0.1) is 10.1 Å². The molecule has 4 rings (SSSR count). The van der Waals surface area contributed by atoms with Gasteiger partial charge in [0.15, 0.2) is 17.2 Å². The number of para-hydroxylation sites is 1. The van der Waals surface area contributed by atoms with Gasteiger partial charge in [-0.1, -0.05) is 6.07 Å². The molecule has 0 spiro atoms. The van der Waals surface area contributed by atoms with Crippen LogP contribution in [0.5, 0.6) is 0 Å². The third-order valence-electron chi connectivity index (χ3n) is 4.70. The zero-order chi connectivity index (χ0) is 25.4. The molecular formula is C20H15N5O8S2. The van der Waals surface area contributed by atoms with Crippen LogP contribution in [-0.2, 0) is 20.2 Å². The number of non-ortho nitro benzene ring substituents is 1. The molecule has 3 aromatic carbocycles. The number of hydrogen-bond donors (Lipinski definition) is 4. The summed E-state index contributed by atoms with van der Waals surface area (Å²) < 4.78 is 63.4. The summed E-state index contributed by atoms with van der Waals surface area (Å²) in [5, 5.41) is 17.3. The number of aromatic nitrogens is 2. The fraction of sp³-hybridized carbons (Fsp3) is 0. The van der Waals surface area contributed by atoms with Crippen LogP contribution in [-0.4, -0.2) is 40.8 Å². The second-order valence-electron chi connectivity index (χ2n) is 7.07. The van der Waals surface area contributed by atoms with Gasteiger partial charge in [-0.05, 0) is 54.6 Å². The molecule has 0 bridgehead atoms. The van der Waals surface area contributed by atoms with Crippen LogP contribution in [0.15, 0.2) is 76.5 Å². The lowest BCUT2D eigenvalue weighted by Gasteiger charge is -2.14. The first-order valence-corrected chi connectivity index (χ1v) is 12.4. The third kappa shape index (κ3) is 5.33. The summed E-state index contributed by atoms with van der Waals surface area (Å²) in [5.74, 6) is 0.140. The van der Waals surface area contributed by atoms with E-state index in [-0.39, 0.29) is 38.1 Å². The molecule has 4 N–H and O–H groups in total. The summed E-state index contributed by atoms with van der Waals surface area (Å²) in [7, 11) is -8.79. The van der Waals surface area contributed by atoms with Crippen molar-refractivity contribution in [1.82, 2.24) is 9.97 Å². The highest BCUT2D eigenvalue weighted by Crippen LogP contribution is 2.31. The molecule has 0 saturated carbocycles. The van der Waals surface area contributed by atoms with Crippen LogP contribution < -0.4 is 10.6 Å². The van der Waals surface area contributed by atoms with Crippen molar-refractivity contribution in [3.8, 4) is 0 Å². The van der Waals surface area contributed by atoms with Crippen LogP contribution in [0.3, 0.4) is 0 Å². The number of nitro groups is 1. The van der Waals surface area contributed by atoms with Crippen molar-refractivity contribution in [2.75, 3.05) is 10.6 Å². The maximum Gasteiger partial charge on any atom is 0.297 e. The maximum atomic E-state index is 11.5. The van der Waals surface area contributed by atoms with E-state index in [1.807, 2.05) is 0 Å². The minimum Gasteiger partial charge on any atom is -0.337 e. The topological polar surface area (TPSA) is 202 Å². The van der Waals surface area contributed by atoms with Crippen molar-refractivity contribution >= 4 is 60.0 Å². The largest absolute Gasteiger partial charge is 0.337 e. The van der Waals surface area contributed by atoms with E-state index >= 15 is 0 Å². The Kier molecular flexibility index (Phi) is 6.08. The van der Waals surface area contributed by atoms with Gasteiger partial charge in [0.1, 0.15) is 0 Å². The van der Waals surface area contributed by atoms with E-state index in [2.05, 4.69) is 20.6 Å². The second kappa shape index (κ2) is 8.88. The molecule has 1 aromatic heterocycles. The molecular weight excluding hydrogens is 502 g/mol. The Morgan fingerprint density at radius 1 is 0.714 bits per heavy atom. The molecule has 1 heterocycles. The van der Waals surface area contributed by atoms with Gasteiger partial charge in [0, 0.05) is 17.4 Å². The van der Waals surface area contributed by atoms with Gasteiger partial charge in [0.2, 0.25) is 0 Å². The smallest absolute Gasteiger partial charge is 0.297 e. The Balaban J connectivity index is 1.79. The predicted octanol–water partition coefficient (Wildman–Crippen LogP) is 3.52. The van der Waals surface area contributed by atoms with E-state index in [4.69, 9.17) is 9.11 Å². The van der Waals surface area contributed by atoms with Gasteiger partial charge >= 0.3 is 0 Å². The fourth-order valence-electron chi connectivity index (χ4n) is 3.08. The number of anilines is 4. The predicted molar refractivity (Wildman–Crippen MR) is 125 cm³/mol. The van der Waals surface area contributed by atoms with Crippen molar-refractivity contribution in [3.63, 3.8) is 0 Å². The minimum atomic E-state index is -4.40. The monoisotopic (exact) mass is 517 g/mol. The number of nitro benzene ring substituents is 1. The lowest BCUT2D eigenvalue weighted by molar-refractivity contribution is -0.383. The highest BCUT2D eigenvalue weighted by Gasteiger charge is 2.18. The summed E-state index contributed by atoms with van der Waals surface area (Å²) in [4.78, 5) is 18.9. The second-order valence-corrected chi connectivity index (χ2v) is 9.91. The summed E-state index contributed by atoms with van der Waals surface area (Å²) in [6.45, 7) is 0. The number of nitrogens with zero attached hydrogens (tertiary/aromatic N) is 3. The van der Waals surface area contributed by atoms with Crippen LogP contribution in [0.2, 0.25) is 0 Å². The van der Waals surface area contributed by atoms with Gasteiger partial charge in [0.25, 0.3) is 25.9 Å². The summed E-state index contributed by atoms with van der Waals surface area (Å²) in [5.41, 5.74) is 0.588. The van der Waals surface area contributed by atoms with E-state index in [9.17, 15) is 26.9 Å². The molecule has 0 unspecified atom stereocenters. The van der Waals surface area contributed by atoms with E-state index < -0.39 is 25.2 Å². The Morgan fingerprint density at radius 2 is 1.17 bits per heavy atom. The summed E-state index contributed by atoms with van der Waals surface area (Å²) in [6.07, 6.45) is 0. The van der Waals surface area contributed by atoms with Crippen molar-refractivity contribution < 1.29 is 30.9 Å². The van der Waals surface area contributed by atoms with E-state index in [1.165, 1.54) is 42.5 Å². The average Bonchev–Trinajstić information content (AvgIpc) is 2.78. The van der Waals surface area contributed by atoms with Gasteiger partial charge in [-0.3, -0.25) is 19.2 Å². The van der Waals surface area contributed by atoms with Crippen molar-refractivity contribution in [1.29, 1.82) is 0 Å². The van der Waals surface area contributed by atoms with E-state index in [0.29, 0.717) is 11.4 Å². The first-order chi connectivity index (χ1) is 16.4. The molecule has 0 aliphatic heterocycles. The SMILES string of the molecule is O=[N+]([O-])c1cccc2nc(Nc3ccc(S(=O)(=O)O)cc3)c(Nc3ccc(S(=O)(=O)O)cc3)nc12. The molecule has 0 aliphatic carbocycles. The zero-order valence-corrected chi connectivity index (χ0v) is 19.0.